The molecule has 0 radical (unpaired) electrons. The van der Waals surface area contributed by atoms with Crippen molar-refractivity contribution in [3.8, 4) is 22.3 Å². The van der Waals surface area contributed by atoms with E-state index in [1.54, 1.807) is 22.3 Å². The lowest BCUT2D eigenvalue weighted by Crippen LogP contribution is -2.28. The van der Waals surface area contributed by atoms with Gasteiger partial charge in [0.15, 0.2) is 0 Å². The van der Waals surface area contributed by atoms with E-state index < -0.39 is 0 Å². The zero-order chi connectivity index (χ0) is 58.4. The van der Waals surface area contributed by atoms with E-state index in [9.17, 15) is 0 Å². The second-order valence-electron chi connectivity index (χ2n) is 28.0. The van der Waals surface area contributed by atoms with Gasteiger partial charge in [-0.1, -0.05) is 241 Å². The SMILES string of the molecule is Brc1ccc(C2CCCCC2)cc1.c1ccc2c(c1)-c1ccc(N(c3ccc(C4CCCCC4)cc3)c3ccc(C4CCCCC4)cc3)cc1C21CCCCC1.c1ccc2c(c1)-c1ccc(Nc3ccc(C4CCCCC4)cc3)cc1C21CCCCC1. The third-order valence-electron chi connectivity index (χ3n) is 22.9. The third-order valence-corrected chi connectivity index (χ3v) is 23.4. The van der Waals surface area contributed by atoms with Crippen LogP contribution in [-0.2, 0) is 10.8 Å². The lowest BCUT2D eigenvalue weighted by atomic mass is 9.68. The van der Waals surface area contributed by atoms with Crippen LogP contribution in [0.3, 0.4) is 0 Å². The first-order valence-electron chi connectivity index (χ1n) is 35.1. The molecule has 8 aliphatic rings. The minimum Gasteiger partial charge on any atom is -0.356 e. The van der Waals surface area contributed by atoms with E-state index in [4.69, 9.17) is 0 Å². The van der Waals surface area contributed by atoms with Gasteiger partial charge in [0.2, 0.25) is 0 Å². The van der Waals surface area contributed by atoms with Gasteiger partial charge >= 0.3 is 0 Å². The maximum Gasteiger partial charge on any atom is 0.0465 e. The van der Waals surface area contributed by atoms with Crippen LogP contribution < -0.4 is 10.2 Å². The van der Waals surface area contributed by atoms with Crippen molar-refractivity contribution in [3.05, 3.63) is 231 Å². The molecular formula is C84H95BrN2. The Hall–Kier alpha value is -6.16. The van der Waals surface area contributed by atoms with Crippen LogP contribution in [0.4, 0.5) is 28.4 Å². The van der Waals surface area contributed by atoms with Crippen molar-refractivity contribution in [1.82, 2.24) is 0 Å². The maximum atomic E-state index is 3.71. The predicted molar refractivity (Wildman–Crippen MR) is 373 cm³/mol. The summed E-state index contributed by atoms with van der Waals surface area (Å²) < 4.78 is 1.19. The Kier molecular flexibility index (Phi) is 18.1. The molecular weight excluding hydrogens is 1120 g/mol. The molecule has 0 heterocycles. The number of fused-ring (bicyclic) bond motifs is 10. The molecule has 6 fully saturated rings. The van der Waals surface area contributed by atoms with Gasteiger partial charge in [0.05, 0.1) is 0 Å². The summed E-state index contributed by atoms with van der Waals surface area (Å²) in [6, 6.07) is 70.3. The number of nitrogens with one attached hydrogen (secondary N) is 1. The average molecular weight is 1210 g/mol. The Balaban J connectivity index is 0.000000131. The fraction of sp³-hybridized carbons (Fsp3) is 0.429. The highest BCUT2D eigenvalue weighted by atomic mass is 79.9. The molecule has 8 aromatic carbocycles. The van der Waals surface area contributed by atoms with Gasteiger partial charge in [-0.05, 0) is 240 Å². The molecule has 0 atom stereocenters. The summed E-state index contributed by atoms with van der Waals surface area (Å²) in [5.41, 5.74) is 24.9. The molecule has 0 unspecified atom stereocenters. The Morgan fingerprint density at radius 3 is 1.03 bits per heavy atom. The molecule has 87 heavy (non-hydrogen) atoms. The summed E-state index contributed by atoms with van der Waals surface area (Å²) in [4.78, 5) is 2.54. The Morgan fingerprint density at radius 1 is 0.287 bits per heavy atom. The van der Waals surface area contributed by atoms with Gasteiger partial charge < -0.3 is 10.2 Å². The molecule has 448 valence electrons. The number of nitrogens with zero attached hydrogens (tertiary/aromatic N) is 1. The van der Waals surface area contributed by atoms with Gasteiger partial charge in [0, 0.05) is 43.7 Å². The summed E-state index contributed by atoms with van der Waals surface area (Å²) in [7, 11) is 0. The quantitative estimate of drug-likeness (QED) is 0.155. The topological polar surface area (TPSA) is 15.3 Å². The smallest absolute Gasteiger partial charge is 0.0465 e. The first-order valence-corrected chi connectivity index (χ1v) is 35.9. The normalized spacial score (nSPS) is 19.8. The van der Waals surface area contributed by atoms with Crippen LogP contribution in [0.5, 0.6) is 0 Å². The first kappa shape index (κ1) is 58.5. The lowest BCUT2D eigenvalue weighted by Gasteiger charge is -2.36. The van der Waals surface area contributed by atoms with Crippen LogP contribution in [-0.4, -0.2) is 0 Å². The van der Waals surface area contributed by atoms with Crippen LogP contribution >= 0.6 is 15.9 Å². The number of rotatable bonds is 9. The van der Waals surface area contributed by atoms with E-state index >= 15 is 0 Å². The number of benzene rings is 8. The van der Waals surface area contributed by atoms with Crippen LogP contribution in [0.15, 0.2) is 186 Å². The maximum absolute atomic E-state index is 3.71. The lowest BCUT2D eigenvalue weighted by molar-refractivity contribution is 0.353. The molecule has 0 amide bonds. The fourth-order valence-electron chi connectivity index (χ4n) is 18.2. The van der Waals surface area contributed by atoms with Gasteiger partial charge in [0.1, 0.15) is 0 Å². The van der Waals surface area contributed by atoms with Gasteiger partial charge in [-0.2, -0.15) is 0 Å². The second-order valence-corrected chi connectivity index (χ2v) is 28.9. The van der Waals surface area contributed by atoms with Gasteiger partial charge in [0.25, 0.3) is 0 Å². The number of hydrogen-bond donors (Lipinski definition) is 1. The van der Waals surface area contributed by atoms with Crippen molar-refractivity contribution in [2.45, 2.75) is 227 Å². The monoisotopic (exact) mass is 1210 g/mol. The summed E-state index contributed by atoms with van der Waals surface area (Å²) in [5.74, 6) is 3.07. The number of anilines is 5. The molecule has 6 saturated carbocycles. The predicted octanol–water partition coefficient (Wildman–Crippen LogP) is 25.7. The van der Waals surface area contributed by atoms with Crippen molar-refractivity contribution < 1.29 is 0 Å². The average Bonchev–Trinajstić information content (AvgIpc) is 1.62. The van der Waals surface area contributed by atoms with Gasteiger partial charge in [-0.15, -0.1) is 0 Å². The molecule has 0 aromatic heterocycles. The first-order chi connectivity index (χ1) is 43.0. The summed E-state index contributed by atoms with van der Waals surface area (Å²) in [6.45, 7) is 0. The van der Waals surface area contributed by atoms with E-state index in [1.165, 1.54) is 270 Å². The minimum atomic E-state index is 0.168. The highest BCUT2D eigenvalue weighted by Gasteiger charge is 2.45. The Labute approximate surface area is 531 Å². The summed E-state index contributed by atoms with van der Waals surface area (Å²) in [6.07, 6.45) is 40.9. The van der Waals surface area contributed by atoms with Crippen molar-refractivity contribution in [1.29, 1.82) is 0 Å². The zero-order valence-electron chi connectivity index (χ0n) is 52.2. The van der Waals surface area contributed by atoms with Crippen LogP contribution in [0.2, 0.25) is 0 Å². The van der Waals surface area contributed by atoms with E-state index in [-0.39, 0.29) is 10.8 Å². The number of halogens is 1. The zero-order valence-corrected chi connectivity index (χ0v) is 53.8. The molecule has 2 nitrogen and oxygen atoms in total. The van der Waals surface area contributed by atoms with Gasteiger partial charge in [-0.3, -0.25) is 0 Å². The van der Waals surface area contributed by atoms with Crippen molar-refractivity contribution in [2.24, 2.45) is 0 Å². The molecule has 0 saturated heterocycles. The van der Waals surface area contributed by atoms with E-state index in [2.05, 4.69) is 208 Å². The fourth-order valence-corrected chi connectivity index (χ4v) is 18.5. The molecule has 8 aliphatic carbocycles. The van der Waals surface area contributed by atoms with E-state index in [0.717, 1.165) is 23.7 Å². The molecule has 0 bridgehead atoms. The number of hydrogen-bond acceptors (Lipinski definition) is 2. The molecule has 1 N–H and O–H groups in total. The highest BCUT2D eigenvalue weighted by Crippen LogP contribution is 2.58. The van der Waals surface area contributed by atoms with Crippen LogP contribution in [0, 0.1) is 0 Å². The summed E-state index contributed by atoms with van der Waals surface area (Å²) >= 11 is 3.47. The van der Waals surface area contributed by atoms with Crippen molar-refractivity contribution in [2.75, 3.05) is 10.2 Å². The molecule has 16 rings (SSSR count). The highest BCUT2D eigenvalue weighted by molar-refractivity contribution is 9.10. The van der Waals surface area contributed by atoms with E-state index in [1.807, 2.05) is 0 Å². The second kappa shape index (κ2) is 26.9. The Bertz CT molecular complexity index is 3480. The molecule has 2 spiro atoms. The Morgan fingerprint density at radius 2 is 0.609 bits per heavy atom. The minimum absolute atomic E-state index is 0.168. The van der Waals surface area contributed by atoms with Crippen molar-refractivity contribution >= 4 is 44.4 Å². The molecule has 8 aromatic rings. The van der Waals surface area contributed by atoms with Crippen LogP contribution in [0.1, 0.15) is 261 Å². The van der Waals surface area contributed by atoms with Gasteiger partial charge in [-0.25, -0.2) is 0 Å². The molecule has 0 aliphatic heterocycles. The van der Waals surface area contributed by atoms with Crippen LogP contribution in [0.25, 0.3) is 22.3 Å². The van der Waals surface area contributed by atoms with E-state index in [0.29, 0.717) is 0 Å². The third kappa shape index (κ3) is 12.4. The summed E-state index contributed by atoms with van der Waals surface area (Å²) in [5, 5.41) is 3.71. The standard InChI is InChI=1S/C42H47N.C30H33N.C12H15Br/c1-4-12-31(13-5-1)33-18-22-35(23-19-33)43(36-24-20-34(21-25-36)32-14-6-2-7-15-32)37-26-27-39-38-16-8-9-17-40(38)42(41(39)30-37)28-10-3-11-29-42;1-3-9-22(10-4-1)23-13-15-24(16-14-23)31-25-17-18-27-26-11-5-6-12-28(26)30(29(27)21-25)19-7-2-8-20-30;13-12-8-6-11(7-9-12)10-4-2-1-3-5-10/h8-9,16-27,30-32H,1-7,10-15,28-29H2;5-6,11-18,21-22,31H,1-4,7-10,19-20H2;6-10H,1-5H2. The van der Waals surface area contributed by atoms with Crippen molar-refractivity contribution in [3.63, 3.8) is 0 Å². The molecule has 3 heteroatoms. The largest absolute Gasteiger partial charge is 0.356 e.